The minimum Gasteiger partial charge on any atom is -0.490 e. The second kappa shape index (κ2) is 8.62. The number of sulfone groups is 1. The summed E-state index contributed by atoms with van der Waals surface area (Å²) < 4.78 is 36.5. The molecule has 2 atom stereocenters. The number of carbonyl (C=O) groups is 1. The molecular formula is C18H23BrN2O5S2. The van der Waals surface area contributed by atoms with E-state index in [2.05, 4.69) is 20.9 Å². The van der Waals surface area contributed by atoms with E-state index in [1.807, 2.05) is 30.9 Å². The van der Waals surface area contributed by atoms with Gasteiger partial charge in [-0.25, -0.2) is 8.42 Å². The number of ether oxygens (including phenoxy) is 2. The van der Waals surface area contributed by atoms with Gasteiger partial charge in [0.2, 0.25) is 5.91 Å². The van der Waals surface area contributed by atoms with Crippen molar-refractivity contribution >= 4 is 54.3 Å². The molecule has 1 amide bonds. The molecule has 154 valence electrons. The predicted octanol–water partition coefficient (Wildman–Crippen LogP) is 3.26. The van der Waals surface area contributed by atoms with Crippen LogP contribution in [-0.4, -0.2) is 55.5 Å². The van der Waals surface area contributed by atoms with Crippen molar-refractivity contribution in [2.24, 2.45) is 4.99 Å². The number of benzene rings is 1. The van der Waals surface area contributed by atoms with Crippen LogP contribution in [-0.2, 0) is 14.6 Å². The molecule has 1 aromatic rings. The summed E-state index contributed by atoms with van der Waals surface area (Å²) in [5.41, 5.74) is 0.721. The van der Waals surface area contributed by atoms with E-state index in [9.17, 15) is 13.2 Å². The van der Waals surface area contributed by atoms with Crippen LogP contribution in [0.3, 0.4) is 0 Å². The highest BCUT2D eigenvalue weighted by Crippen LogP contribution is 2.45. The SMILES string of the molecule is CCOc1cc(N2C(=NC(=O)CC)S[C@H]3CS(=O)(=O)C[C@H]32)cc(Br)c1OCC. The van der Waals surface area contributed by atoms with E-state index in [0.717, 1.165) is 5.69 Å². The second-order valence-corrected chi connectivity index (χ2v) is 10.6. The van der Waals surface area contributed by atoms with Gasteiger partial charge in [0.25, 0.3) is 0 Å². The van der Waals surface area contributed by atoms with E-state index in [0.29, 0.717) is 40.8 Å². The summed E-state index contributed by atoms with van der Waals surface area (Å²) in [4.78, 5) is 18.1. The van der Waals surface area contributed by atoms with Gasteiger partial charge in [-0.15, -0.1) is 0 Å². The third kappa shape index (κ3) is 4.33. The van der Waals surface area contributed by atoms with Gasteiger partial charge in [-0.2, -0.15) is 4.99 Å². The van der Waals surface area contributed by atoms with E-state index in [4.69, 9.17) is 9.47 Å². The van der Waals surface area contributed by atoms with E-state index in [1.165, 1.54) is 11.8 Å². The number of amides is 1. The van der Waals surface area contributed by atoms with Gasteiger partial charge in [0, 0.05) is 23.4 Å². The maximum absolute atomic E-state index is 12.2. The quantitative estimate of drug-likeness (QED) is 0.604. The van der Waals surface area contributed by atoms with Crippen LogP contribution in [0.4, 0.5) is 5.69 Å². The molecule has 0 unspecified atom stereocenters. The largest absolute Gasteiger partial charge is 0.490 e. The molecule has 3 rings (SSSR count). The molecule has 0 radical (unpaired) electrons. The lowest BCUT2D eigenvalue weighted by Gasteiger charge is -2.26. The smallest absolute Gasteiger partial charge is 0.247 e. The first-order chi connectivity index (χ1) is 13.3. The topological polar surface area (TPSA) is 85.3 Å². The van der Waals surface area contributed by atoms with Crippen LogP contribution in [0.15, 0.2) is 21.6 Å². The number of anilines is 1. The monoisotopic (exact) mass is 490 g/mol. The van der Waals surface area contributed by atoms with Gasteiger partial charge in [0.1, 0.15) is 0 Å². The molecule has 7 nitrogen and oxygen atoms in total. The third-order valence-corrected chi connectivity index (χ3v) is 8.25. The first-order valence-electron chi connectivity index (χ1n) is 9.16. The number of carbonyl (C=O) groups excluding carboxylic acids is 1. The zero-order chi connectivity index (χ0) is 20.5. The lowest BCUT2D eigenvalue weighted by Crippen LogP contribution is -2.37. The maximum Gasteiger partial charge on any atom is 0.247 e. The van der Waals surface area contributed by atoms with Gasteiger partial charge in [0.15, 0.2) is 26.5 Å². The number of hydrogen-bond donors (Lipinski definition) is 0. The minimum atomic E-state index is -3.12. The Balaban J connectivity index is 2.08. The van der Waals surface area contributed by atoms with Crippen molar-refractivity contribution in [2.45, 2.75) is 38.5 Å². The molecule has 2 saturated heterocycles. The standard InChI is InChI=1S/C18H23BrN2O5S2/c1-4-16(22)20-18-21(13-9-28(23,24)10-15(13)27-18)11-7-12(19)17(26-6-3)14(8-11)25-5-2/h7-8,13,15H,4-6,9-10H2,1-3H3/t13-,15+/m1/s1. The highest BCUT2D eigenvalue weighted by molar-refractivity contribution is 9.10. The van der Waals surface area contributed by atoms with Gasteiger partial charge in [-0.1, -0.05) is 18.7 Å². The maximum atomic E-state index is 12.2. The normalized spacial score (nSPS) is 24.4. The Morgan fingerprint density at radius 3 is 2.61 bits per heavy atom. The molecule has 2 heterocycles. The molecule has 0 saturated carbocycles. The fraction of sp³-hybridized carbons (Fsp3) is 0.556. The van der Waals surface area contributed by atoms with Crippen molar-refractivity contribution in [2.75, 3.05) is 29.6 Å². The summed E-state index contributed by atoms with van der Waals surface area (Å²) in [6.45, 7) is 6.47. The van der Waals surface area contributed by atoms with E-state index < -0.39 is 9.84 Å². The number of halogens is 1. The number of nitrogens with zero attached hydrogens (tertiary/aromatic N) is 2. The van der Waals surface area contributed by atoms with Crippen molar-refractivity contribution in [1.29, 1.82) is 0 Å². The van der Waals surface area contributed by atoms with Crippen molar-refractivity contribution in [3.05, 3.63) is 16.6 Å². The highest BCUT2D eigenvalue weighted by Gasteiger charge is 2.49. The third-order valence-electron chi connectivity index (χ3n) is 4.45. The van der Waals surface area contributed by atoms with Crippen LogP contribution in [0.2, 0.25) is 0 Å². The summed E-state index contributed by atoms with van der Waals surface area (Å²) in [5, 5.41) is 0.393. The molecule has 28 heavy (non-hydrogen) atoms. The molecule has 0 aliphatic carbocycles. The Morgan fingerprint density at radius 1 is 1.25 bits per heavy atom. The minimum absolute atomic E-state index is 0.0405. The molecule has 2 aliphatic heterocycles. The number of rotatable bonds is 6. The van der Waals surface area contributed by atoms with E-state index >= 15 is 0 Å². The Bertz CT molecular complexity index is 903. The van der Waals surface area contributed by atoms with Crippen molar-refractivity contribution < 1.29 is 22.7 Å². The van der Waals surface area contributed by atoms with Crippen molar-refractivity contribution in [3.8, 4) is 11.5 Å². The second-order valence-electron chi connectivity index (χ2n) is 6.43. The molecule has 0 spiro atoms. The van der Waals surface area contributed by atoms with Crippen LogP contribution in [0.5, 0.6) is 11.5 Å². The zero-order valence-corrected chi connectivity index (χ0v) is 19.2. The molecular weight excluding hydrogens is 468 g/mol. The highest BCUT2D eigenvalue weighted by atomic mass is 79.9. The summed E-state index contributed by atoms with van der Waals surface area (Å²) in [5.74, 6) is 1.06. The lowest BCUT2D eigenvalue weighted by atomic mass is 10.2. The van der Waals surface area contributed by atoms with Gasteiger partial charge < -0.3 is 14.4 Å². The number of hydrogen-bond acceptors (Lipinski definition) is 6. The number of aliphatic imine (C=N–C) groups is 1. The Kier molecular flexibility index (Phi) is 6.61. The summed E-state index contributed by atoms with van der Waals surface area (Å²) in [7, 11) is -3.12. The van der Waals surface area contributed by atoms with Crippen molar-refractivity contribution in [3.63, 3.8) is 0 Å². The molecule has 0 aromatic heterocycles. The molecule has 1 aromatic carbocycles. The zero-order valence-electron chi connectivity index (χ0n) is 16.0. The Morgan fingerprint density at radius 2 is 1.96 bits per heavy atom. The van der Waals surface area contributed by atoms with Gasteiger partial charge in [0.05, 0.1) is 35.2 Å². The fourth-order valence-electron chi connectivity index (χ4n) is 3.29. The molecule has 2 aliphatic rings. The van der Waals surface area contributed by atoms with Gasteiger partial charge in [-0.3, -0.25) is 4.79 Å². The van der Waals surface area contributed by atoms with E-state index in [1.54, 1.807) is 6.92 Å². The summed E-state index contributed by atoms with van der Waals surface area (Å²) in [6.07, 6.45) is 0.294. The number of thioether (sulfide) groups is 1. The van der Waals surface area contributed by atoms with Crippen LogP contribution in [0.25, 0.3) is 0 Å². The van der Waals surface area contributed by atoms with Crippen LogP contribution in [0, 0.1) is 0 Å². The van der Waals surface area contributed by atoms with Crippen molar-refractivity contribution in [1.82, 2.24) is 0 Å². The predicted molar refractivity (Wildman–Crippen MR) is 116 cm³/mol. The van der Waals surface area contributed by atoms with Gasteiger partial charge >= 0.3 is 0 Å². The molecule has 0 bridgehead atoms. The van der Waals surface area contributed by atoms with Crippen LogP contribution in [0.1, 0.15) is 27.2 Å². The Hall–Kier alpha value is -1.26. The fourth-order valence-corrected chi connectivity index (χ4v) is 7.77. The molecule has 2 fully saturated rings. The number of amidine groups is 1. The Labute approximate surface area is 177 Å². The van der Waals surface area contributed by atoms with Crippen LogP contribution < -0.4 is 14.4 Å². The summed E-state index contributed by atoms with van der Waals surface area (Å²) in [6, 6.07) is 3.41. The molecule has 10 heteroatoms. The molecule has 0 N–H and O–H groups in total. The average Bonchev–Trinajstić information content (AvgIpc) is 3.08. The first kappa shape index (κ1) is 21.4. The lowest BCUT2D eigenvalue weighted by molar-refractivity contribution is -0.117. The number of fused-ring (bicyclic) bond motifs is 1. The summed E-state index contributed by atoms with van der Waals surface area (Å²) >= 11 is 4.89. The van der Waals surface area contributed by atoms with Crippen LogP contribution >= 0.6 is 27.7 Å². The van der Waals surface area contributed by atoms with E-state index in [-0.39, 0.29) is 28.7 Å². The first-order valence-corrected chi connectivity index (χ1v) is 12.7. The average molecular weight is 491 g/mol. The van der Waals surface area contributed by atoms with Gasteiger partial charge in [-0.05, 0) is 35.8 Å².